The largest absolute Gasteiger partial charge is 0.494 e. The number of carbonyl (C=O) groups excluding carboxylic acids is 1. The van der Waals surface area contributed by atoms with E-state index >= 15 is 0 Å². The Kier molecular flexibility index (Phi) is 6.53. The van der Waals surface area contributed by atoms with Gasteiger partial charge >= 0.3 is 6.03 Å². The molecule has 37 heavy (non-hydrogen) atoms. The number of nitrogens with zero attached hydrogens (tertiary/aromatic N) is 3. The van der Waals surface area contributed by atoms with Gasteiger partial charge in [0.2, 0.25) is 5.82 Å². The lowest BCUT2D eigenvalue weighted by atomic mass is 9.94. The quantitative estimate of drug-likeness (QED) is 0.320. The third-order valence-corrected chi connectivity index (χ3v) is 6.41. The number of aryl methyl sites for hydroxylation is 3. The third-order valence-electron chi connectivity index (χ3n) is 6.41. The molecule has 2 heterocycles. The summed E-state index contributed by atoms with van der Waals surface area (Å²) in [7, 11) is 0. The average Bonchev–Trinajstić information content (AvgIpc) is 3.34. The molecule has 7 nitrogen and oxygen atoms in total. The molecule has 1 aliphatic heterocycles. The van der Waals surface area contributed by atoms with E-state index in [2.05, 4.69) is 16.5 Å². The van der Waals surface area contributed by atoms with E-state index in [1.165, 1.54) is 0 Å². The molecule has 4 aromatic rings. The van der Waals surface area contributed by atoms with Crippen molar-refractivity contribution in [1.82, 2.24) is 15.5 Å². The van der Waals surface area contributed by atoms with Gasteiger partial charge in [-0.1, -0.05) is 47.1 Å². The second kappa shape index (κ2) is 9.93. The van der Waals surface area contributed by atoms with Crippen molar-refractivity contribution in [3.63, 3.8) is 0 Å². The van der Waals surface area contributed by atoms with Crippen LogP contribution in [0.15, 0.2) is 77.0 Å². The Balaban J connectivity index is 1.64. The van der Waals surface area contributed by atoms with Crippen molar-refractivity contribution >= 4 is 17.3 Å². The molecule has 5 rings (SSSR count). The van der Waals surface area contributed by atoms with Gasteiger partial charge in [-0.25, -0.2) is 4.79 Å². The second-order valence-electron chi connectivity index (χ2n) is 9.36. The summed E-state index contributed by atoms with van der Waals surface area (Å²) in [5.74, 6) is 1.63. The van der Waals surface area contributed by atoms with Gasteiger partial charge in [0, 0.05) is 11.3 Å². The van der Waals surface area contributed by atoms with Crippen LogP contribution in [0.25, 0.3) is 17.0 Å². The van der Waals surface area contributed by atoms with E-state index in [4.69, 9.17) is 14.2 Å². The highest BCUT2D eigenvalue weighted by atomic mass is 16.5. The Morgan fingerprint density at radius 3 is 2.35 bits per heavy atom. The third kappa shape index (κ3) is 4.85. The van der Waals surface area contributed by atoms with Crippen LogP contribution in [0.1, 0.15) is 48.0 Å². The van der Waals surface area contributed by atoms with E-state index < -0.39 is 6.04 Å². The van der Waals surface area contributed by atoms with Gasteiger partial charge in [0.15, 0.2) is 0 Å². The molecule has 1 aliphatic rings. The first kappa shape index (κ1) is 24.3. The second-order valence-corrected chi connectivity index (χ2v) is 9.36. The molecule has 0 fully saturated rings. The molecule has 1 aromatic heterocycles. The summed E-state index contributed by atoms with van der Waals surface area (Å²) in [6.07, 6.45) is 0. The van der Waals surface area contributed by atoms with Crippen LogP contribution in [0.5, 0.6) is 5.75 Å². The fraction of sp³-hybridized carbons (Fsp3) is 0.233. The molecule has 0 spiro atoms. The van der Waals surface area contributed by atoms with Crippen molar-refractivity contribution in [3.05, 3.63) is 101 Å². The summed E-state index contributed by atoms with van der Waals surface area (Å²) >= 11 is 0. The van der Waals surface area contributed by atoms with Crippen molar-refractivity contribution in [2.24, 2.45) is 0 Å². The number of amides is 2. The molecule has 0 saturated heterocycles. The smallest absolute Gasteiger partial charge is 0.326 e. The maximum atomic E-state index is 13.5. The number of allylic oxidation sites excluding steroid dienone is 1. The lowest BCUT2D eigenvalue weighted by Crippen LogP contribution is -2.46. The fourth-order valence-corrected chi connectivity index (χ4v) is 4.82. The minimum Gasteiger partial charge on any atom is -0.494 e. The van der Waals surface area contributed by atoms with Crippen LogP contribution in [0.4, 0.5) is 10.5 Å². The number of carbonyl (C=O) groups is 1. The van der Waals surface area contributed by atoms with Gasteiger partial charge in [-0.15, -0.1) is 0 Å². The van der Waals surface area contributed by atoms with Gasteiger partial charge in [0.1, 0.15) is 5.75 Å². The van der Waals surface area contributed by atoms with Crippen molar-refractivity contribution in [2.75, 3.05) is 11.5 Å². The molecule has 2 amide bonds. The zero-order chi connectivity index (χ0) is 26.1. The Labute approximate surface area is 216 Å². The zero-order valence-electron chi connectivity index (χ0n) is 21.7. The summed E-state index contributed by atoms with van der Waals surface area (Å²) in [4.78, 5) is 20.0. The molecule has 1 atom stereocenters. The summed E-state index contributed by atoms with van der Waals surface area (Å²) in [6, 6.07) is 21.1. The molecular weight excluding hydrogens is 464 g/mol. The van der Waals surface area contributed by atoms with E-state index in [1.807, 2.05) is 95.3 Å². The first-order valence-electron chi connectivity index (χ1n) is 12.4. The van der Waals surface area contributed by atoms with Crippen LogP contribution in [0.3, 0.4) is 0 Å². The highest BCUT2D eigenvalue weighted by Gasteiger charge is 2.36. The molecule has 0 bridgehead atoms. The molecule has 0 aliphatic carbocycles. The highest BCUT2D eigenvalue weighted by molar-refractivity contribution is 6.01. The van der Waals surface area contributed by atoms with Gasteiger partial charge < -0.3 is 14.6 Å². The van der Waals surface area contributed by atoms with Crippen LogP contribution in [0.2, 0.25) is 0 Å². The number of aromatic nitrogens is 2. The Hall–Kier alpha value is -4.39. The molecule has 1 N–H and O–H groups in total. The van der Waals surface area contributed by atoms with E-state index in [1.54, 1.807) is 4.90 Å². The predicted octanol–water partition coefficient (Wildman–Crippen LogP) is 6.76. The van der Waals surface area contributed by atoms with Crippen LogP contribution in [-0.2, 0) is 0 Å². The van der Waals surface area contributed by atoms with E-state index in [0.717, 1.165) is 50.5 Å². The van der Waals surface area contributed by atoms with E-state index in [0.29, 0.717) is 18.3 Å². The zero-order valence-corrected chi connectivity index (χ0v) is 21.7. The fourth-order valence-electron chi connectivity index (χ4n) is 4.82. The van der Waals surface area contributed by atoms with Gasteiger partial charge in [-0.2, -0.15) is 4.98 Å². The maximum Gasteiger partial charge on any atom is 0.326 e. The van der Waals surface area contributed by atoms with Crippen LogP contribution in [-0.4, -0.2) is 22.8 Å². The van der Waals surface area contributed by atoms with E-state index in [-0.39, 0.29) is 6.03 Å². The number of hydrogen-bond donors (Lipinski definition) is 1. The monoisotopic (exact) mass is 494 g/mol. The molecule has 0 saturated carbocycles. The number of anilines is 1. The predicted molar refractivity (Wildman–Crippen MR) is 144 cm³/mol. The van der Waals surface area contributed by atoms with Crippen molar-refractivity contribution in [2.45, 2.75) is 40.7 Å². The number of ether oxygens (including phenoxy) is 1. The van der Waals surface area contributed by atoms with Crippen LogP contribution in [0, 0.1) is 20.8 Å². The standard InChI is InChI=1S/C30H30N4O3/c1-6-36-25-12-10-22(11-13-25)27-26(29-32-28(33-37-29)23-9-7-8-18(2)15-23)21(5)34(30(35)31-27)24-16-19(3)14-20(4)17-24/h7-17,27H,6H2,1-5H3,(H,31,35). The van der Waals surface area contributed by atoms with Crippen molar-refractivity contribution < 1.29 is 14.1 Å². The van der Waals surface area contributed by atoms with Gasteiger partial charge in [0.05, 0.1) is 23.9 Å². The van der Waals surface area contributed by atoms with Gasteiger partial charge in [-0.3, -0.25) is 4.90 Å². The molecule has 3 aromatic carbocycles. The first-order valence-corrected chi connectivity index (χ1v) is 12.4. The van der Waals surface area contributed by atoms with Crippen LogP contribution < -0.4 is 15.0 Å². The Morgan fingerprint density at radius 2 is 1.68 bits per heavy atom. The summed E-state index contributed by atoms with van der Waals surface area (Å²) in [6.45, 7) is 10.5. The summed E-state index contributed by atoms with van der Waals surface area (Å²) in [5.41, 5.74) is 7.28. The molecule has 188 valence electrons. The molecular formula is C30H30N4O3. The van der Waals surface area contributed by atoms with Crippen molar-refractivity contribution in [1.29, 1.82) is 0 Å². The summed E-state index contributed by atoms with van der Waals surface area (Å²) in [5, 5.41) is 7.45. The molecule has 1 unspecified atom stereocenters. The lowest BCUT2D eigenvalue weighted by molar-refractivity contribution is 0.244. The Bertz CT molecular complexity index is 1470. The minimum absolute atomic E-state index is 0.219. The number of benzene rings is 3. The van der Waals surface area contributed by atoms with Crippen molar-refractivity contribution in [3.8, 4) is 17.1 Å². The number of urea groups is 1. The van der Waals surface area contributed by atoms with Gasteiger partial charge in [-0.05, 0) is 81.6 Å². The van der Waals surface area contributed by atoms with E-state index in [9.17, 15) is 4.79 Å². The number of rotatable bonds is 6. The average molecular weight is 495 g/mol. The highest BCUT2D eigenvalue weighted by Crippen LogP contribution is 2.39. The Morgan fingerprint density at radius 1 is 0.946 bits per heavy atom. The van der Waals surface area contributed by atoms with Gasteiger partial charge in [0.25, 0.3) is 5.89 Å². The summed E-state index contributed by atoms with van der Waals surface area (Å²) < 4.78 is 11.4. The maximum absolute atomic E-state index is 13.5. The first-order chi connectivity index (χ1) is 17.8. The number of hydrogen-bond acceptors (Lipinski definition) is 5. The SMILES string of the molecule is CCOc1ccc(C2NC(=O)N(c3cc(C)cc(C)c3)C(C)=C2c2nc(-c3cccc(C)c3)no2)cc1. The normalized spacial score (nSPS) is 15.6. The van der Waals surface area contributed by atoms with Crippen LogP contribution >= 0.6 is 0 Å². The minimum atomic E-state index is -0.476. The molecule has 0 radical (unpaired) electrons. The molecule has 7 heteroatoms. The lowest BCUT2D eigenvalue weighted by Gasteiger charge is -2.35. The number of nitrogens with one attached hydrogen (secondary N) is 1. The topological polar surface area (TPSA) is 80.5 Å².